The van der Waals surface area contributed by atoms with E-state index in [0.29, 0.717) is 6.04 Å². The summed E-state index contributed by atoms with van der Waals surface area (Å²) in [6.45, 7) is 1.99. The lowest BCUT2D eigenvalue weighted by atomic mass is 10.1. The van der Waals surface area contributed by atoms with Gasteiger partial charge in [-0.3, -0.25) is 0 Å². The summed E-state index contributed by atoms with van der Waals surface area (Å²) >= 11 is 6.27. The molecule has 0 spiro atoms. The Kier molecular flexibility index (Phi) is 4.57. The summed E-state index contributed by atoms with van der Waals surface area (Å²) < 4.78 is 1.82. The first-order chi connectivity index (χ1) is 12.2. The second kappa shape index (κ2) is 7.00. The molecule has 6 heteroatoms. The third kappa shape index (κ3) is 3.33. The number of rotatable bonds is 3. The summed E-state index contributed by atoms with van der Waals surface area (Å²) in [7, 11) is 0. The van der Waals surface area contributed by atoms with Crippen LogP contribution >= 0.6 is 11.6 Å². The van der Waals surface area contributed by atoms with Crippen LogP contribution in [0.25, 0.3) is 16.7 Å². The molecule has 0 unspecified atom stereocenters. The van der Waals surface area contributed by atoms with Crippen LogP contribution in [-0.4, -0.2) is 25.8 Å². The number of hydrogen-bond donors (Lipinski definition) is 1. The fourth-order valence-corrected chi connectivity index (χ4v) is 3.65. The van der Waals surface area contributed by atoms with Crippen molar-refractivity contribution in [3.63, 3.8) is 0 Å². The molecule has 1 aliphatic carbocycles. The van der Waals surface area contributed by atoms with Crippen LogP contribution in [0.1, 0.15) is 44.1 Å². The average Bonchev–Trinajstić information content (AvgIpc) is 2.88. The maximum absolute atomic E-state index is 6.27. The van der Waals surface area contributed by atoms with Crippen molar-refractivity contribution in [3.8, 4) is 5.69 Å². The molecule has 1 aliphatic rings. The molecule has 3 aromatic rings. The van der Waals surface area contributed by atoms with Crippen LogP contribution in [0, 0.1) is 6.92 Å². The monoisotopic (exact) mass is 355 g/mol. The van der Waals surface area contributed by atoms with Crippen LogP contribution < -0.4 is 5.32 Å². The first-order valence-corrected chi connectivity index (χ1v) is 9.32. The predicted octanol–water partition coefficient (Wildman–Crippen LogP) is 4.91. The van der Waals surface area contributed by atoms with Gasteiger partial charge in [0.2, 0.25) is 0 Å². The highest BCUT2D eigenvalue weighted by atomic mass is 35.5. The van der Waals surface area contributed by atoms with Gasteiger partial charge in [-0.05, 0) is 37.5 Å². The van der Waals surface area contributed by atoms with Gasteiger partial charge >= 0.3 is 0 Å². The first kappa shape index (κ1) is 16.3. The molecule has 0 amide bonds. The number of fused-ring (bicyclic) bond motifs is 1. The van der Waals surface area contributed by atoms with Crippen LogP contribution in [0.2, 0.25) is 5.02 Å². The molecular weight excluding hydrogens is 334 g/mol. The highest BCUT2D eigenvalue weighted by Crippen LogP contribution is 2.27. The Bertz CT molecular complexity index is 881. The van der Waals surface area contributed by atoms with Gasteiger partial charge in [0, 0.05) is 11.1 Å². The number of aromatic nitrogens is 4. The Morgan fingerprint density at radius 2 is 1.92 bits per heavy atom. The van der Waals surface area contributed by atoms with E-state index in [1.54, 1.807) is 6.33 Å². The molecule has 2 aromatic heterocycles. The molecule has 0 atom stereocenters. The van der Waals surface area contributed by atoms with Gasteiger partial charge in [-0.1, -0.05) is 43.4 Å². The van der Waals surface area contributed by atoms with Crippen molar-refractivity contribution in [2.24, 2.45) is 0 Å². The topological polar surface area (TPSA) is 55.6 Å². The average molecular weight is 356 g/mol. The summed E-state index contributed by atoms with van der Waals surface area (Å²) in [5.74, 6) is 0.876. The molecule has 25 heavy (non-hydrogen) atoms. The number of halogens is 1. The smallest absolute Gasteiger partial charge is 0.168 e. The summed E-state index contributed by atoms with van der Waals surface area (Å²) in [6.07, 6.45) is 11.1. The normalized spacial score (nSPS) is 16.1. The van der Waals surface area contributed by atoms with Gasteiger partial charge in [-0.2, -0.15) is 5.10 Å². The van der Waals surface area contributed by atoms with Gasteiger partial charge in [0.15, 0.2) is 5.65 Å². The van der Waals surface area contributed by atoms with Gasteiger partial charge in [-0.15, -0.1) is 0 Å². The maximum Gasteiger partial charge on any atom is 0.168 e. The van der Waals surface area contributed by atoms with Gasteiger partial charge in [0.05, 0.1) is 17.3 Å². The first-order valence-electron chi connectivity index (χ1n) is 8.94. The van der Waals surface area contributed by atoms with Crippen LogP contribution in [0.15, 0.2) is 30.7 Å². The Labute approximate surface area is 152 Å². The lowest BCUT2D eigenvalue weighted by Gasteiger charge is -2.17. The molecule has 0 aliphatic heterocycles. The Morgan fingerprint density at radius 3 is 2.68 bits per heavy atom. The van der Waals surface area contributed by atoms with Crippen molar-refractivity contribution in [2.45, 2.75) is 51.5 Å². The number of anilines is 1. The third-order valence-corrected chi connectivity index (χ3v) is 5.37. The highest BCUT2D eigenvalue weighted by Gasteiger charge is 2.16. The van der Waals surface area contributed by atoms with E-state index in [9.17, 15) is 0 Å². The van der Waals surface area contributed by atoms with E-state index in [1.165, 1.54) is 38.5 Å². The number of nitrogens with one attached hydrogen (secondary N) is 1. The molecule has 1 fully saturated rings. The van der Waals surface area contributed by atoms with E-state index in [2.05, 4.69) is 20.4 Å². The van der Waals surface area contributed by atoms with Crippen molar-refractivity contribution < 1.29 is 0 Å². The second-order valence-electron chi connectivity index (χ2n) is 6.78. The SMILES string of the molecule is Cc1ccc(-n2ncc3c(NC4CCCCCC4)ncnc32)cc1Cl. The lowest BCUT2D eigenvalue weighted by molar-refractivity contribution is 0.618. The summed E-state index contributed by atoms with van der Waals surface area (Å²) in [6, 6.07) is 6.41. The lowest BCUT2D eigenvalue weighted by Crippen LogP contribution is -2.19. The number of benzene rings is 1. The standard InChI is InChI=1S/C19H22ClN5/c1-13-8-9-15(10-17(13)20)25-19-16(11-23-25)18(21-12-22-19)24-14-6-4-2-3-5-7-14/h8-12,14H,2-7H2,1H3,(H,21,22,24). The van der Waals surface area contributed by atoms with Crippen molar-refractivity contribution in [2.75, 3.05) is 5.32 Å². The second-order valence-corrected chi connectivity index (χ2v) is 7.19. The summed E-state index contributed by atoms with van der Waals surface area (Å²) in [4.78, 5) is 8.92. The largest absolute Gasteiger partial charge is 0.367 e. The molecule has 5 nitrogen and oxygen atoms in total. The molecular formula is C19H22ClN5. The van der Waals surface area contributed by atoms with E-state index < -0.39 is 0 Å². The molecule has 0 saturated heterocycles. The third-order valence-electron chi connectivity index (χ3n) is 4.96. The highest BCUT2D eigenvalue weighted by molar-refractivity contribution is 6.31. The van der Waals surface area contributed by atoms with Crippen molar-refractivity contribution in [1.29, 1.82) is 0 Å². The summed E-state index contributed by atoms with van der Waals surface area (Å²) in [5.41, 5.74) is 2.75. The van der Waals surface area contributed by atoms with Crippen LogP contribution in [-0.2, 0) is 0 Å². The molecule has 2 heterocycles. The van der Waals surface area contributed by atoms with Gasteiger partial charge in [0.25, 0.3) is 0 Å². The molecule has 0 radical (unpaired) electrons. The maximum atomic E-state index is 6.27. The van der Waals surface area contributed by atoms with Gasteiger partial charge in [0.1, 0.15) is 12.1 Å². The van der Waals surface area contributed by atoms with Gasteiger partial charge in [-0.25, -0.2) is 14.6 Å². The quantitative estimate of drug-likeness (QED) is 0.678. The van der Waals surface area contributed by atoms with E-state index in [4.69, 9.17) is 11.6 Å². The van der Waals surface area contributed by atoms with Crippen LogP contribution in [0.3, 0.4) is 0 Å². The zero-order valence-corrected chi connectivity index (χ0v) is 15.1. The summed E-state index contributed by atoms with van der Waals surface area (Å²) in [5, 5.41) is 9.82. The fourth-order valence-electron chi connectivity index (χ4n) is 3.48. The van der Waals surface area contributed by atoms with Crippen LogP contribution in [0.5, 0.6) is 0 Å². The fraction of sp³-hybridized carbons (Fsp3) is 0.421. The Morgan fingerprint density at radius 1 is 1.12 bits per heavy atom. The minimum absolute atomic E-state index is 0.484. The van der Waals surface area contributed by atoms with E-state index in [1.807, 2.05) is 36.0 Å². The predicted molar refractivity (Wildman–Crippen MR) is 102 cm³/mol. The molecule has 0 bridgehead atoms. The minimum Gasteiger partial charge on any atom is -0.367 e. The van der Waals surface area contributed by atoms with Crippen molar-refractivity contribution in [3.05, 3.63) is 41.3 Å². The zero-order chi connectivity index (χ0) is 17.2. The molecule has 4 rings (SSSR count). The van der Waals surface area contributed by atoms with Crippen molar-refractivity contribution >= 4 is 28.5 Å². The number of hydrogen-bond acceptors (Lipinski definition) is 4. The van der Waals surface area contributed by atoms with Crippen LogP contribution in [0.4, 0.5) is 5.82 Å². The van der Waals surface area contributed by atoms with E-state index >= 15 is 0 Å². The molecule has 130 valence electrons. The Balaban J connectivity index is 1.68. The number of aryl methyl sites for hydroxylation is 1. The zero-order valence-electron chi connectivity index (χ0n) is 14.4. The molecule has 1 N–H and O–H groups in total. The van der Waals surface area contributed by atoms with E-state index in [0.717, 1.165) is 33.1 Å². The molecule has 1 saturated carbocycles. The number of nitrogens with zero attached hydrogens (tertiary/aromatic N) is 4. The van der Waals surface area contributed by atoms with E-state index in [-0.39, 0.29) is 0 Å². The molecule has 1 aromatic carbocycles. The Hall–Kier alpha value is -2.14. The van der Waals surface area contributed by atoms with Crippen molar-refractivity contribution in [1.82, 2.24) is 19.7 Å². The minimum atomic E-state index is 0.484. The van der Waals surface area contributed by atoms with Gasteiger partial charge < -0.3 is 5.32 Å².